The average Bonchev–Trinajstić information content (AvgIpc) is 3.12. The summed E-state index contributed by atoms with van der Waals surface area (Å²) in [4.78, 5) is 16.7. The maximum atomic E-state index is 12.3. The molecule has 1 heterocycles. The van der Waals surface area contributed by atoms with E-state index in [1.165, 1.54) is 0 Å². The predicted molar refractivity (Wildman–Crippen MR) is 93.3 cm³/mol. The van der Waals surface area contributed by atoms with Crippen molar-refractivity contribution in [3.05, 3.63) is 65.5 Å². The van der Waals surface area contributed by atoms with Crippen molar-refractivity contribution in [1.29, 1.82) is 0 Å². The Bertz CT molecular complexity index is 854. The van der Waals surface area contributed by atoms with E-state index >= 15 is 0 Å². The second kappa shape index (κ2) is 7.17. The minimum atomic E-state index is -0.402. The van der Waals surface area contributed by atoms with Gasteiger partial charge in [0.05, 0.1) is 7.11 Å². The minimum absolute atomic E-state index is 0.217. The monoisotopic (exact) mass is 337 g/mol. The Balaban J connectivity index is 1.69. The molecule has 1 atom stereocenters. The molecule has 128 valence electrons. The van der Waals surface area contributed by atoms with Crippen molar-refractivity contribution in [3.63, 3.8) is 0 Å². The maximum Gasteiger partial charge on any atom is 0.251 e. The number of nitrogens with zero attached hydrogens (tertiary/aromatic N) is 2. The molecule has 6 nitrogen and oxygen atoms in total. The smallest absolute Gasteiger partial charge is 0.251 e. The topological polar surface area (TPSA) is 77.2 Å². The number of benzene rings is 2. The zero-order valence-corrected chi connectivity index (χ0v) is 14.3. The van der Waals surface area contributed by atoms with Gasteiger partial charge in [-0.25, -0.2) is 0 Å². The Morgan fingerprint density at radius 1 is 1.12 bits per heavy atom. The average molecular weight is 337 g/mol. The highest BCUT2D eigenvalue weighted by atomic mass is 16.5. The molecule has 1 amide bonds. The van der Waals surface area contributed by atoms with Crippen LogP contribution in [0.2, 0.25) is 0 Å². The molecule has 1 aromatic heterocycles. The van der Waals surface area contributed by atoms with Gasteiger partial charge in [-0.15, -0.1) is 0 Å². The molecule has 3 aromatic rings. The standard InChI is InChI=1S/C19H19N3O3/c1-12-4-6-14(7-5-12)17-21-19(25-22-17)13(2)20-18(23)15-8-10-16(24-3)11-9-15/h4-11,13H,1-3H3,(H,20,23). The third kappa shape index (κ3) is 3.85. The first kappa shape index (κ1) is 16.7. The summed E-state index contributed by atoms with van der Waals surface area (Å²) in [6.45, 7) is 3.82. The highest BCUT2D eigenvalue weighted by Gasteiger charge is 2.18. The number of carbonyl (C=O) groups is 1. The van der Waals surface area contributed by atoms with Crippen LogP contribution in [0.4, 0.5) is 0 Å². The van der Waals surface area contributed by atoms with Gasteiger partial charge in [-0.2, -0.15) is 4.98 Å². The summed E-state index contributed by atoms with van der Waals surface area (Å²) in [5, 5.41) is 6.83. The van der Waals surface area contributed by atoms with Gasteiger partial charge in [0.25, 0.3) is 5.91 Å². The van der Waals surface area contributed by atoms with E-state index in [4.69, 9.17) is 9.26 Å². The quantitative estimate of drug-likeness (QED) is 0.770. The van der Waals surface area contributed by atoms with Gasteiger partial charge in [0.2, 0.25) is 11.7 Å². The number of aromatic nitrogens is 2. The van der Waals surface area contributed by atoms with Crippen LogP contribution in [0, 0.1) is 6.92 Å². The number of carbonyl (C=O) groups excluding carboxylic acids is 1. The summed E-state index contributed by atoms with van der Waals surface area (Å²) >= 11 is 0. The third-order valence-electron chi connectivity index (χ3n) is 3.82. The van der Waals surface area contributed by atoms with E-state index in [1.807, 2.05) is 31.2 Å². The molecule has 0 saturated carbocycles. The number of hydrogen-bond donors (Lipinski definition) is 1. The zero-order chi connectivity index (χ0) is 17.8. The van der Waals surface area contributed by atoms with Crippen molar-refractivity contribution < 1.29 is 14.1 Å². The fraction of sp³-hybridized carbons (Fsp3) is 0.211. The van der Waals surface area contributed by atoms with Gasteiger partial charge in [0.15, 0.2) is 0 Å². The number of aryl methyl sites for hydroxylation is 1. The van der Waals surface area contributed by atoms with Crippen LogP contribution in [0.1, 0.15) is 34.8 Å². The summed E-state index contributed by atoms with van der Waals surface area (Å²) < 4.78 is 10.4. The van der Waals surface area contributed by atoms with Crippen molar-refractivity contribution >= 4 is 5.91 Å². The molecule has 1 N–H and O–H groups in total. The first-order valence-electron chi connectivity index (χ1n) is 7.92. The Hall–Kier alpha value is -3.15. The summed E-state index contributed by atoms with van der Waals surface area (Å²) in [5.41, 5.74) is 2.56. The number of rotatable bonds is 5. The van der Waals surface area contributed by atoms with Gasteiger partial charge < -0.3 is 14.6 Å². The number of methoxy groups -OCH3 is 1. The normalized spacial score (nSPS) is 11.8. The summed E-state index contributed by atoms with van der Waals surface area (Å²) in [6.07, 6.45) is 0. The fourth-order valence-electron chi connectivity index (χ4n) is 2.32. The van der Waals surface area contributed by atoms with Crippen molar-refractivity contribution in [1.82, 2.24) is 15.5 Å². The molecule has 0 aliphatic heterocycles. The van der Waals surface area contributed by atoms with Crippen LogP contribution in [-0.4, -0.2) is 23.2 Å². The predicted octanol–water partition coefficient (Wildman–Crippen LogP) is 3.54. The number of amides is 1. The highest BCUT2D eigenvalue weighted by Crippen LogP contribution is 2.19. The van der Waals surface area contributed by atoms with E-state index in [2.05, 4.69) is 15.5 Å². The summed E-state index contributed by atoms with van der Waals surface area (Å²) in [6, 6.07) is 14.3. The Morgan fingerprint density at radius 3 is 2.44 bits per heavy atom. The van der Waals surface area contributed by atoms with Crippen molar-refractivity contribution in [2.45, 2.75) is 19.9 Å². The first-order chi connectivity index (χ1) is 12.1. The van der Waals surface area contributed by atoms with Gasteiger partial charge >= 0.3 is 0 Å². The molecular formula is C19H19N3O3. The SMILES string of the molecule is COc1ccc(C(=O)NC(C)c2nc(-c3ccc(C)cc3)no2)cc1. The number of nitrogens with one attached hydrogen (secondary N) is 1. The molecule has 0 aliphatic carbocycles. The van der Waals surface area contributed by atoms with E-state index in [0.29, 0.717) is 23.0 Å². The molecule has 0 aliphatic rings. The van der Waals surface area contributed by atoms with Gasteiger partial charge in [-0.3, -0.25) is 4.79 Å². The number of hydrogen-bond acceptors (Lipinski definition) is 5. The molecular weight excluding hydrogens is 318 g/mol. The van der Waals surface area contributed by atoms with E-state index in [1.54, 1.807) is 38.3 Å². The lowest BCUT2D eigenvalue weighted by atomic mass is 10.1. The van der Waals surface area contributed by atoms with Crippen LogP contribution < -0.4 is 10.1 Å². The largest absolute Gasteiger partial charge is 0.497 e. The molecule has 2 aromatic carbocycles. The maximum absolute atomic E-state index is 12.3. The highest BCUT2D eigenvalue weighted by molar-refractivity contribution is 5.94. The minimum Gasteiger partial charge on any atom is -0.497 e. The van der Waals surface area contributed by atoms with Gasteiger partial charge in [-0.05, 0) is 38.1 Å². The lowest BCUT2D eigenvalue weighted by molar-refractivity contribution is 0.0932. The Kier molecular flexibility index (Phi) is 4.79. The van der Waals surface area contributed by atoms with Gasteiger partial charge in [0, 0.05) is 11.1 Å². The van der Waals surface area contributed by atoms with Crippen LogP contribution in [-0.2, 0) is 0 Å². The van der Waals surface area contributed by atoms with Crippen molar-refractivity contribution in [2.24, 2.45) is 0 Å². The molecule has 6 heteroatoms. The summed E-state index contributed by atoms with van der Waals surface area (Å²) in [7, 11) is 1.58. The Morgan fingerprint density at radius 2 is 1.80 bits per heavy atom. The van der Waals surface area contributed by atoms with E-state index in [9.17, 15) is 4.79 Å². The molecule has 0 saturated heterocycles. The fourth-order valence-corrected chi connectivity index (χ4v) is 2.32. The van der Waals surface area contributed by atoms with Gasteiger partial charge in [-0.1, -0.05) is 35.0 Å². The van der Waals surface area contributed by atoms with E-state index in [-0.39, 0.29) is 5.91 Å². The van der Waals surface area contributed by atoms with E-state index in [0.717, 1.165) is 11.1 Å². The lowest BCUT2D eigenvalue weighted by Gasteiger charge is -2.10. The molecule has 3 rings (SSSR count). The molecule has 1 unspecified atom stereocenters. The molecule has 0 bridgehead atoms. The summed E-state index contributed by atoms with van der Waals surface area (Å²) in [5.74, 6) is 1.34. The molecule has 0 radical (unpaired) electrons. The first-order valence-corrected chi connectivity index (χ1v) is 7.92. The molecule has 0 fully saturated rings. The van der Waals surface area contributed by atoms with Crippen molar-refractivity contribution in [2.75, 3.05) is 7.11 Å². The zero-order valence-electron chi connectivity index (χ0n) is 14.3. The molecule has 25 heavy (non-hydrogen) atoms. The second-order valence-electron chi connectivity index (χ2n) is 5.75. The van der Waals surface area contributed by atoms with Crippen LogP contribution in [0.25, 0.3) is 11.4 Å². The third-order valence-corrected chi connectivity index (χ3v) is 3.82. The lowest BCUT2D eigenvalue weighted by Crippen LogP contribution is -2.26. The van der Waals surface area contributed by atoms with Crippen LogP contribution >= 0.6 is 0 Å². The van der Waals surface area contributed by atoms with E-state index < -0.39 is 6.04 Å². The molecule has 0 spiro atoms. The van der Waals surface area contributed by atoms with Crippen molar-refractivity contribution in [3.8, 4) is 17.1 Å². The van der Waals surface area contributed by atoms with Crippen LogP contribution in [0.5, 0.6) is 5.75 Å². The Labute approximate surface area is 145 Å². The van der Waals surface area contributed by atoms with Gasteiger partial charge in [0.1, 0.15) is 11.8 Å². The second-order valence-corrected chi connectivity index (χ2v) is 5.75. The van der Waals surface area contributed by atoms with Crippen LogP contribution in [0.3, 0.4) is 0 Å². The van der Waals surface area contributed by atoms with Crippen LogP contribution in [0.15, 0.2) is 53.1 Å². The number of ether oxygens (including phenoxy) is 1.